The number of aromatic nitrogens is 2. The number of carbonyl (C=O) groups is 1. The predicted molar refractivity (Wildman–Crippen MR) is 116 cm³/mol. The Kier molecular flexibility index (Phi) is 5.57. The second kappa shape index (κ2) is 8.67. The van der Waals surface area contributed by atoms with Crippen LogP contribution in [-0.4, -0.2) is 38.5 Å². The Hall–Kier alpha value is -3.32. The van der Waals surface area contributed by atoms with Crippen molar-refractivity contribution in [1.82, 2.24) is 14.9 Å². The topological polar surface area (TPSA) is 75.5 Å². The summed E-state index contributed by atoms with van der Waals surface area (Å²) >= 11 is 0. The maximum absolute atomic E-state index is 13.3. The molecule has 0 spiro atoms. The van der Waals surface area contributed by atoms with Gasteiger partial charge < -0.3 is 9.84 Å². The van der Waals surface area contributed by atoms with Crippen LogP contribution in [0.25, 0.3) is 11.4 Å². The van der Waals surface area contributed by atoms with Crippen LogP contribution in [0.3, 0.4) is 0 Å². The average Bonchev–Trinajstić information content (AvgIpc) is 2.76. The molecule has 0 bridgehead atoms. The van der Waals surface area contributed by atoms with Crippen LogP contribution in [0.5, 0.6) is 5.75 Å². The lowest BCUT2D eigenvalue weighted by Crippen LogP contribution is -2.48. The molecule has 6 nitrogen and oxygen atoms in total. The van der Waals surface area contributed by atoms with E-state index in [-0.39, 0.29) is 11.7 Å². The van der Waals surface area contributed by atoms with E-state index in [0.717, 1.165) is 54.7 Å². The van der Waals surface area contributed by atoms with Crippen molar-refractivity contribution < 1.29 is 19.0 Å². The fourth-order valence-corrected chi connectivity index (χ4v) is 4.37. The van der Waals surface area contributed by atoms with E-state index in [1.165, 1.54) is 12.1 Å². The molecule has 3 aromatic rings. The zero-order valence-electron chi connectivity index (χ0n) is 17.6. The monoisotopic (exact) mass is 433 g/mol. The van der Waals surface area contributed by atoms with Crippen LogP contribution in [-0.2, 0) is 24.4 Å². The molecule has 1 aliphatic carbocycles. The van der Waals surface area contributed by atoms with E-state index in [1.807, 2.05) is 36.5 Å². The Bertz CT molecular complexity index is 1130. The number of hydrogen-bond acceptors (Lipinski definition) is 5. The van der Waals surface area contributed by atoms with E-state index < -0.39 is 5.97 Å². The summed E-state index contributed by atoms with van der Waals surface area (Å²) in [6, 6.07) is 14.3. The summed E-state index contributed by atoms with van der Waals surface area (Å²) in [6.07, 6.45) is 4.20. The molecule has 0 radical (unpaired) electrons. The maximum Gasteiger partial charge on any atom is 0.306 e. The molecule has 32 heavy (non-hydrogen) atoms. The summed E-state index contributed by atoms with van der Waals surface area (Å²) in [5.74, 6) is 0.236. The first kappa shape index (κ1) is 20.6. The molecule has 1 N–H and O–H groups in total. The van der Waals surface area contributed by atoms with Gasteiger partial charge in [0.2, 0.25) is 0 Å². The van der Waals surface area contributed by atoms with Gasteiger partial charge in [0.25, 0.3) is 0 Å². The first-order chi connectivity index (χ1) is 15.5. The van der Waals surface area contributed by atoms with Gasteiger partial charge in [-0.2, -0.15) is 0 Å². The molecule has 164 valence electrons. The Morgan fingerprint density at radius 1 is 1.19 bits per heavy atom. The van der Waals surface area contributed by atoms with Gasteiger partial charge in [-0.15, -0.1) is 0 Å². The van der Waals surface area contributed by atoms with Crippen LogP contribution in [0.15, 0.2) is 54.7 Å². The van der Waals surface area contributed by atoms with Gasteiger partial charge >= 0.3 is 5.97 Å². The summed E-state index contributed by atoms with van der Waals surface area (Å²) in [6.45, 7) is 1.98. The number of ether oxygens (including phenoxy) is 1. The van der Waals surface area contributed by atoms with Crippen molar-refractivity contribution in [2.45, 2.75) is 38.5 Å². The van der Waals surface area contributed by atoms with Crippen molar-refractivity contribution in [3.8, 4) is 17.1 Å². The van der Waals surface area contributed by atoms with Crippen LogP contribution in [0.4, 0.5) is 4.39 Å². The molecule has 1 aromatic heterocycles. The molecule has 7 heteroatoms. The molecule has 1 fully saturated rings. The highest BCUT2D eigenvalue weighted by Gasteiger charge is 2.39. The average molecular weight is 433 g/mol. The highest BCUT2D eigenvalue weighted by molar-refractivity contribution is 5.71. The van der Waals surface area contributed by atoms with Crippen molar-refractivity contribution in [2.75, 3.05) is 6.54 Å². The Morgan fingerprint density at radius 3 is 2.75 bits per heavy atom. The van der Waals surface area contributed by atoms with Gasteiger partial charge in [0.05, 0.1) is 11.6 Å². The number of benzene rings is 2. The van der Waals surface area contributed by atoms with Gasteiger partial charge in [0.1, 0.15) is 18.2 Å². The largest absolute Gasteiger partial charge is 0.489 e. The molecule has 2 aliphatic rings. The SMILES string of the molecule is O=C(O)C1CC(N2CCc3nc(-c4ccc(OCc5cccc(F)c5)cc4)ncc3C2)C1. The van der Waals surface area contributed by atoms with E-state index >= 15 is 0 Å². The van der Waals surface area contributed by atoms with Crippen LogP contribution in [0, 0.1) is 11.7 Å². The lowest BCUT2D eigenvalue weighted by molar-refractivity contribution is -0.147. The van der Waals surface area contributed by atoms with Crippen molar-refractivity contribution in [3.05, 3.63) is 77.4 Å². The van der Waals surface area contributed by atoms with Crippen molar-refractivity contribution in [1.29, 1.82) is 0 Å². The minimum atomic E-state index is -0.683. The molecule has 0 atom stereocenters. The summed E-state index contributed by atoms with van der Waals surface area (Å²) in [5.41, 5.74) is 3.87. The minimum Gasteiger partial charge on any atom is -0.489 e. The third-order valence-electron chi connectivity index (χ3n) is 6.35. The molecule has 1 aliphatic heterocycles. The normalized spacial score (nSPS) is 20.3. The zero-order valence-corrected chi connectivity index (χ0v) is 17.6. The fourth-order valence-electron chi connectivity index (χ4n) is 4.37. The third-order valence-corrected chi connectivity index (χ3v) is 6.35. The Labute approximate surface area is 185 Å². The van der Waals surface area contributed by atoms with E-state index in [1.54, 1.807) is 6.07 Å². The molecule has 2 aromatic carbocycles. The predicted octanol–water partition coefficient (Wildman–Crippen LogP) is 4.08. The number of fused-ring (bicyclic) bond motifs is 1. The lowest BCUT2D eigenvalue weighted by atomic mass is 9.78. The van der Waals surface area contributed by atoms with E-state index in [4.69, 9.17) is 14.8 Å². The standard InChI is InChI=1S/C25H24FN3O3/c26-20-3-1-2-16(10-20)15-32-22-6-4-17(5-7-22)24-27-13-19-14-29(9-8-23(19)28-24)21-11-18(12-21)25(30)31/h1-7,10,13,18,21H,8-9,11-12,14-15H2,(H,30,31). The smallest absolute Gasteiger partial charge is 0.306 e. The molecular formula is C25H24FN3O3. The Morgan fingerprint density at radius 2 is 2.00 bits per heavy atom. The molecule has 5 rings (SSSR count). The first-order valence-electron chi connectivity index (χ1n) is 10.8. The summed E-state index contributed by atoms with van der Waals surface area (Å²) in [7, 11) is 0. The van der Waals surface area contributed by atoms with Gasteiger partial charge in [-0.1, -0.05) is 12.1 Å². The summed E-state index contributed by atoms with van der Waals surface area (Å²) < 4.78 is 19.0. The van der Waals surface area contributed by atoms with Crippen LogP contribution in [0.2, 0.25) is 0 Å². The van der Waals surface area contributed by atoms with Crippen LogP contribution < -0.4 is 4.74 Å². The van der Waals surface area contributed by atoms with E-state index in [0.29, 0.717) is 24.2 Å². The summed E-state index contributed by atoms with van der Waals surface area (Å²) in [4.78, 5) is 22.8. The third kappa shape index (κ3) is 4.34. The number of hydrogen-bond donors (Lipinski definition) is 1. The fraction of sp³-hybridized carbons (Fsp3) is 0.320. The number of halogens is 1. The number of rotatable bonds is 6. The summed E-state index contributed by atoms with van der Waals surface area (Å²) in [5, 5.41) is 9.10. The lowest BCUT2D eigenvalue weighted by Gasteiger charge is -2.43. The number of carboxylic acids is 1. The van der Waals surface area contributed by atoms with Gasteiger partial charge in [0, 0.05) is 42.9 Å². The van der Waals surface area contributed by atoms with Gasteiger partial charge in [-0.25, -0.2) is 14.4 Å². The second-order valence-electron chi connectivity index (χ2n) is 8.49. The highest BCUT2D eigenvalue weighted by atomic mass is 19.1. The van der Waals surface area contributed by atoms with Crippen molar-refractivity contribution in [3.63, 3.8) is 0 Å². The van der Waals surface area contributed by atoms with Crippen molar-refractivity contribution >= 4 is 5.97 Å². The number of nitrogens with zero attached hydrogens (tertiary/aromatic N) is 3. The van der Waals surface area contributed by atoms with Crippen LogP contribution >= 0.6 is 0 Å². The molecule has 0 amide bonds. The number of carboxylic acid groups (broad SMARTS) is 1. The second-order valence-corrected chi connectivity index (χ2v) is 8.49. The van der Waals surface area contributed by atoms with Gasteiger partial charge in [0.15, 0.2) is 5.82 Å². The zero-order chi connectivity index (χ0) is 22.1. The first-order valence-corrected chi connectivity index (χ1v) is 10.8. The number of aliphatic carboxylic acids is 1. The molecule has 0 saturated heterocycles. The molecule has 0 unspecified atom stereocenters. The highest BCUT2D eigenvalue weighted by Crippen LogP contribution is 2.34. The van der Waals surface area contributed by atoms with Gasteiger partial charge in [-0.05, 0) is 54.8 Å². The van der Waals surface area contributed by atoms with Gasteiger partial charge in [-0.3, -0.25) is 9.69 Å². The molecule has 2 heterocycles. The van der Waals surface area contributed by atoms with Crippen molar-refractivity contribution in [2.24, 2.45) is 5.92 Å². The van der Waals surface area contributed by atoms with E-state index in [9.17, 15) is 9.18 Å². The minimum absolute atomic E-state index is 0.194. The van der Waals surface area contributed by atoms with E-state index in [2.05, 4.69) is 9.88 Å². The van der Waals surface area contributed by atoms with Crippen LogP contribution in [0.1, 0.15) is 29.7 Å². The molecular weight excluding hydrogens is 409 g/mol. The quantitative estimate of drug-likeness (QED) is 0.631. The molecule has 1 saturated carbocycles. The maximum atomic E-state index is 13.3. The Balaban J connectivity index is 1.21.